The Bertz CT molecular complexity index is 258. The van der Waals surface area contributed by atoms with Gasteiger partial charge in [-0.05, 0) is 30.5 Å². The van der Waals surface area contributed by atoms with Crippen LogP contribution in [0.15, 0.2) is 24.3 Å². The third-order valence-corrected chi connectivity index (χ3v) is 2.20. The topological polar surface area (TPSA) is 55.5 Å². The molecular weight excluding hydrogens is 178 g/mol. The molecule has 14 heavy (non-hydrogen) atoms. The fraction of sp³-hybridized carbons (Fsp3) is 0.455. The second-order valence-corrected chi connectivity index (χ2v) is 3.33. The number of aryl methyl sites for hydroxylation is 1. The molecule has 0 radical (unpaired) electrons. The molecule has 3 heteroatoms. The van der Waals surface area contributed by atoms with Crippen molar-refractivity contribution < 1.29 is 9.84 Å². The van der Waals surface area contributed by atoms with Gasteiger partial charge in [0.05, 0.1) is 13.7 Å². The highest BCUT2D eigenvalue weighted by Crippen LogP contribution is 2.12. The predicted octanol–water partition coefficient (Wildman–Crippen LogP) is 0.947. The minimum absolute atomic E-state index is 0.0517. The monoisotopic (exact) mass is 195 g/mol. The van der Waals surface area contributed by atoms with Crippen LogP contribution in [0.25, 0.3) is 0 Å². The molecule has 0 aromatic heterocycles. The fourth-order valence-corrected chi connectivity index (χ4v) is 1.24. The lowest BCUT2D eigenvalue weighted by Crippen LogP contribution is -2.24. The Hall–Kier alpha value is -1.06. The molecule has 3 nitrogen and oxygen atoms in total. The number of nitrogens with two attached hydrogens (primary N) is 1. The number of rotatable bonds is 5. The molecular formula is C11H17NO2. The molecule has 1 atom stereocenters. The summed E-state index contributed by atoms with van der Waals surface area (Å²) in [4.78, 5) is 0. The summed E-state index contributed by atoms with van der Waals surface area (Å²) in [6, 6.07) is 7.78. The Balaban J connectivity index is 2.43. The summed E-state index contributed by atoms with van der Waals surface area (Å²) < 4.78 is 5.05. The molecule has 0 saturated carbocycles. The van der Waals surface area contributed by atoms with Gasteiger partial charge in [-0.25, -0.2) is 0 Å². The van der Waals surface area contributed by atoms with Crippen LogP contribution in [0.4, 0.5) is 0 Å². The number of aliphatic hydroxyl groups is 1. The maximum absolute atomic E-state index is 8.75. The van der Waals surface area contributed by atoms with Crippen LogP contribution in [0.3, 0.4) is 0 Å². The number of benzene rings is 1. The standard InChI is InChI=1S/C11H17NO2/c1-14-11-6-3-9(4-7-11)2-5-10(12)8-13/h3-4,6-7,10,13H,2,5,8,12H2,1H3/t10-/m1/s1. The Labute approximate surface area is 84.5 Å². The quantitative estimate of drug-likeness (QED) is 0.735. The van der Waals surface area contributed by atoms with E-state index in [9.17, 15) is 0 Å². The smallest absolute Gasteiger partial charge is 0.118 e. The molecule has 0 spiro atoms. The highest BCUT2D eigenvalue weighted by molar-refractivity contribution is 5.27. The number of hydrogen-bond donors (Lipinski definition) is 2. The van der Waals surface area contributed by atoms with E-state index in [0.717, 1.165) is 18.6 Å². The van der Waals surface area contributed by atoms with Crippen molar-refractivity contribution in [3.8, 4) is 5.75 Å². The van der Waals surface area contributed by atoms with Gasteiger partial charge in [0.1, 0.15) is 5.75 Å². The third-order valence-electron chi connectivity index (χ3n) is 2.20. The zero-order chi connectivity index (χ0) is 10.4. The van der Waals surface area contributed by atoms with Crippen molar-refractivity contribution in [3.63, 3.8) is 0 Å². The molecule has 0 unspecified atom stereocenters. The number of ether oxygens (including phenoxy) is 1. The van der Waals surface area contributed by atoms with E-state index in [1.165, 1.54) is 5.56 Å². The van der Waals surface area contributed by atoms with E-state index in [2.05, 4.69) is 0 Å². The van der Waals surface area contributed by atoms with Gasteiger partial charge >= 0.3 is 0 Å². The van der Waals surface area contributed by atoms with Crippen molar-refractivity contribution in [2.45, 2.75) is 18.9 Å². The maximum atomic E-state index is 8.75. The molecule has 0 aliphatic heterocycles. The van der Waals surface area contributed by atoms with Crippen molar-refractivity contribution in [3.05, 3.63) is 29.8 Å². The Morgan fingerprint density at radius 1 is 1.36 bits per heavy atom. The normalized spacial score (nSPS) is 12.5. The van der Waals surface area contributed by atoms with Crippen LogP contribution in [0.5, 0.6) is 5.75 Å². The molecule has 0 fully saturated rings. The van der Waals surface area contributed by atoms with Crippen molar-refractivity contribution in [2.24, 2.45) is 5.73 Å². The minimum atomic E-state index is -0.114. The third kappa shape index (κ3) is 3.36. The van der Waals surface area contributed by atoms with Crippen molar-refractivity contribution in [1.82, 2.24) is 0 Å². The van der Waals surface area contributed by atoms with Crippen molar-refractivity contribution in [2.75, 3.05) is 13.7 Å². The van der Waals surface area contributed by atoms with Gasteiger partial charge in [0.15, 0.2) is 0 Å². The molecule has 3 N–H and O–H groups in total. The Morgan fingerprint density at radius 2 is 2.00 bits per heavy atom. The summed E-state index contributed by atoms with van der Waals surface area (Å²) in [5.41, 5.74) is 6.82. The lowest BCUT2D eigenvalue weighted by atomic mass is 10.1. The van der Waals surface area contributed by atoms with Gasteiger partial charge in [0.25, 0.3) is 0 Å². The van der Waals surface area contributed by atoms with Gasteiger partial charge in [-0.1, -0.05) is 12.1 Å². The summed E-state index contributed by atoms with van der Waals surface area (Å²) in [7, 11) is 1.65. The van der Waals surface area contributed by atoms with Crippen LogP contribution in [-0.2, 0) is 6.42 Å². The fourth-order valence-electron chi connectivity index (χ4n) is 1.24. The molecule has 0 saturated heterocycles. The van der Waals surface area contributed by atoms with E-state index in [4.69, 9.17) is 15.6 Å². The lowest BCUT2D eigenvalue weighted by Gasteiger charge is -2.07. The van der Waals surface area contributed by atoms with Gasteiger partial charge < -0.3 is 15.6 Å². The van der Waals surface area contributed by atoms with Crippen LogP contribution >= 0.6 is 0 Å². The SMILES string of the molecule is COc1ccc(CC[C@@H](N)CO)cc1. The van der Waals surface area contributed by atoms with Crippen LogP contribution in [0.1, 0.15) is 12.0 Å². The van der Waals surface area contributed by atoms with Gasteiger partial charge in [-0.15, -0.1) is 0 Å². The average molecular weight is 195 g/mol. The first-order chi connectivity index (χ1) is 6.76. The molecule has 0 heterocycles. The maximum Gasteiger partial charge on any atom is 0.118 e. The molecule has 0 aliphatic carbocycles. The van der Waals surface area contributed by atoms with E-state index in [-0.39, 0.29) is 12.6 Å². The average Bonchev–Trinajstić information content (AvgIpc) is 2.26. The molecule has 0 amide bonds. The molecule has 0 aliphatic rings. The molecule has 0 bridgehead atoms. The first kappa shape index (κ1) is 11.0. The van der Waals surface area contributed by atoms with Crippen molar-refractivity contribution >= 4 is 0 Å². The predicted molar refractivity (Wildman–Crippen MR) is 56.4 cm³/mol. The first-order valence-corrected chi connectivity index (χ1v) is 4.75. The second kappa shape index (κ2) is 5.62. The molecule has 1 aromatic rings. The molecule has 78 valence electrons. The van der Waals surface area contributed by atoms with Gasteiger partial charge in [0.2, 0.25) is 0 Å². The minimum Gasteiger partial charge on any atom is -0.497 e. The van der Waals surface area contributed by atoms with E-state index < -0.39 is 0 Å². The summed E-state index contributed by atoms with van der Waals surface area (Å²) in [5, 5.41) is 8.75. The summed E-state index contributed by atoms with van der Waals surface area (Å²) in [5.74, 6) is 0.861. The Morgan fingerprint density at radius 3 is 2.50 bits per heavy atom. The van der Waals surface area contributed by atoms with Crippen molar-refractivity contribution in [1.29, 1.82) is 0 Å². The van der Waals surface area contributed by atoms with Gasteiger partial charge in [0, 0.05) is 6.04 Å². The molecule has 1 aromatic carbocycles. The van der Waals surface area contributed by atoms with Gasteiger partial charge in [-0.3, -0.25) is 0 Å². The van der Waals surface area contributed by atoms with Crippen LogP contribution in [-0.4, -0.2) is 24.9 Å². The van der Waals surface area contributed by atoms with Crippen LogP contribution < -0.4 is 10.5 Å². The number of methoxy groups -OCH3 is 1. The second-order valence-electron chi connectivity index (χ2n) is 3.33. The van der Waals surface area contributed by atoms with E-state index in [0.29, 0.717) is 0 Å². The zero-order valence-corrected chi connectivity index (χ0v) is 8.44. The number of hydrogen-bond acceptors (Lipinski definition) is 3. The molecule has 1 rings (SSSR count). The summed E-state index contributed by atoms with van der Waals surface area (Å²) in [6.45, 7) is 0.0517. The highest BCUT2D eigenvalue weighted by Gasteiger charge is 2.01. The highest BCUT2D eigenvalue weighted by atomic mass is 16.5. The van der Waals surface area contributed by atoms with Crippen LogP contribution in [0, 0.1) is 0 Å². The van der Waals surface area contributed by atoms with Gasteiger partial charge in [-0.2, -0.15) is 0 Å². The number of aliphatic hydroxyl groups excluding tert-OH is 1. The first-order valence-electron chi connectivity index (χ1n) is 4.75. The zero-order valence-electron chi connectivity index (χ0n) is 8.44. The summed E-state index contributed by atoms with van der Waals surface area (Å²) in [6.07, 6.45) is 1.70. The largest absolute Gasteiger partial charge is 0.497 e. The van der Waals surface area contributed by atoms with E-state index >= 15 is 0 Å². The van der Waals surface area contributed by atoms with E-state index in [1.54, 1.807) is 7.11 Å². The summed E-state index contributed by atoms with van der Waals surface area (Å²) >= 11 is 0. The van der Waals surface area contributed by atoms with Crippen LogP contribution in [0.2, 0.25) is 0 Å². The Kier molecular flexibility index (Phi) is 4.43. The van der Waals surface area contributed by atoms with E-state index in [1.807, 2.05) is 24.3 Å². The lowest BCUT2D eigenvalue weighted by molar-refractivity contribution is 0.260.